The molecule has 0 aliphatic heterocycles. The zero-order valence-corrected chi connectivity index (χ0v) is 11.1. The first-order valence-corrected chi connectivity index (χ1v) is 6.67. The highest BCUT2D eigenvalue weighted by atomic mass is 15.0. The number of nitrogens with one attached hydrogen (secondary N) is 1. The van der Waals surface area contributed by atoms with Crippen molar-refractivity contribution in [2.75, 3.05) is 5.32 Å². The maximum absolute atomic E-state index is 3.63. The molecule has 1 aliphatic carbocycles. The van der Waals surface area contributed by atoms with E-state index in [-0.39, 0.29) is 0 Å². The fourth-order valence-corrected chi connectivity index (χ4v) is 2.32. The largest absolute Gasteiger partial charge is 0.382 e. The van der Waals surface area contributed by atoms with Crippen LogP contribution in [0.4, 0.5) is 5.69 Å². The summed E-state index contributed by atoms with van der Waals surface area (Å²) in [5, 5.41) is 3.63. The topological polar surface area (TPSA) is 17.0 Å². The Morgan fingerprint density at radius 1 is 1.17 bits per heavy atom. The molecule has 1 aromatic carbocycles. The molecule has 2 aromatic rings. The molecule has 0 bridgehead atoms. The molecule has 3 rings (SSSR count). The number of benzene rings is 1. The predicted octanol–water partition coefficient (Wildman–Crippen LogP) is 4.08. The molecule has 0 spiro atoms. The van der Waals surface area contributed by atoms with E-state index in [1.165, 1.54) is 24.2 Å². The van der Waals surface area contributed by atoms with Crippen molar-refractivity contribution >= 4 is 5.69 Å². The van der Waals surface area contributed by atoms with Crippen molar-refractivity contribution in [3.63, 3.8) is 0 Å². The number of aromatic nitrogens is 1. The standard InChI is InChI=1S/C16H20N2/c1-13(16(2)8-9-16)17-14-6-5-7-15(12-14)18-10-3-4-11-18/h3-7,10-13,17H,8-9H2,1-2H3. The molecule has 1 unspecified atom stereocenters. The Morgan fingerprint density at radius 2 is 1.89 bits per heavy atom. The third-order valence-corrected chi connectivity index (χ3v) is 4.22. The second-order valence-corrected chi connectivity index (χ2v) is 5.66. The number of hydrogen-bond donors (Lipinski definition) is 1. The molecule has 1 saturated carbocycles. The lowest BCUT2D eigenvalue weighted by molar-refractivity contribution is 0.493. The van der Waals surface area contributed by atoms with Crippen LogP contribution in [0.25, 0.3) is 5.69 Å². The van der Waals surface area contributed by atoms with Crippen LogP contribution in [0.3, 0.4) is 0 Å². The van der Waals surface area contributed by atoms with Gasteiger partial charge in [-0.2, -0.15) is 0 Å². The molecule has 0 amide bonds. The zero-order chi connectivity index (χ0) is 12.6. The average Bonchev–Trinajstić information content (AvgIpc) is 2.93. The Kier molecular flexibility index (Phi) is 2.66. The molecule has 0 radical (unpaired) electrons. The Labute approximate surface area is 109 Å². The highest BCUT2D eigenvalue weighted by Crippen LogP contribution is 2.48. The van der Waals surface area contributed by atoms with Gasteiger partial charge in [0.05, 0.1) is 0 Å². The molecule has 1 aliphatic rings. The van der Waals surface area contributed by atoms with Crippen LogP contribution in [0.5, 0.6) is 0 Å². The van der Waals surface area contributed by atoms with E-state index in [4.69, 9.17) is 0 Å². The van der Waals surface area contributed by atoms with Gasteiger partial charge in [0, 0.05) is 29.8 Å². The van der Waals surface area contributed by atoms with Crippen molar-refractivity contribution in [3.05, 3.63) is 48.8 Å². The second-order valence-electron chi connectivity index (χ2n) is 5.66. The minimum atomic E-state index is 0.503. The van der Waals surface area contributed by atoms with Crippen molar-refractivity contribution < 1.29 is 0 Å². The second kappa shape index (κ2) is 4.20. The summed E-state index contributed by atoms with van der Waals surface area (Å²) in [6.45, 7) is 4.65. The molecule has 0 saturated heterocycles. The van der Waals surface area contributed by atoms with Gasteiger partial charge in [-0.1, -0.05) is 13.0 Å². The Hall–Kier alpha value is -1.70. The lowest BCUT2D eigenvalue weighted by Crippen LogP contribution is -2.24. The average molecular weight is 240 g/mol. The van der Waals surface area contributed by atoms with E-state index in [0.717, 1.165) is 0 Å². The summed E-state index contributed by atoms with van der Waals surface area (Å²) in [6.07, 6.45) is 6.84. The lowest BCUT2D eigenvalue weighted by Gasteiger charge is -2.22. The van der Waals surface area contributed by atoms with E-state index in [1.807, 2.05) is 12.1 Å². The van der Waals surface area contributed by atoms with Crippen LogP contribution in [0.2, 0.25) is 0 Å². The minimum Gasteiger partial charge on any atom is -0.382 e. The number of hydrogen-bond acceptors (Lipinski definition) is 1. The van der Waals surface area contributed by atoms with Gasteiger partial charge < -0.3 is 9.88 Å². The van der Waals surface area contributed by atoms with Crippen LogP contribution < -0.4 is 5.32 Å². The fraction of sp³-hybridized carbons (Fsp3) is 0.375. The monoisotopic (exact) mass is 240 g/mol. The van der Waals surface area contributed by atoms with E-state index >= 15 is 0 Å². The molecule has 18 heavy (non-hydrogen) atoms. The highest BCUT2D eigenvalue weighted by molar-refractivity contribution is 5.52. The molecule has 1 aromatic heterocycles. The van der Waals surface area contributed by atoms with Gasteiger partial charge in [0.15, 0.2) is 0 Å². The Morgan fingerprint density at radius 3 is 2.56 bits per heavy atom. The van der Waals surface area contributed by atoms with Gasteiger partial charge in [-0.25, -0.2) is 0 Å². The highest BCUT2D eigenvalue weighted by Gasteiger charge is 2.42. The zero-order valence-electron chi connectivity index (χ0n) is 11.1. The Balaban J connectivity index is 1.79. The van der Waals surface area contributed by atoms with Gasteiger partial charge in [-0.3, -0.25) is 0 Å². The van der Waals surface area contributed by atoms with Gasteiger partial charge in [0.25, 0.3) is 0 Å². The third-order valence-electron chi connectivity index (χ3n) is 4.22. The SMILES string of the molecule is CC(Nc1cccc(-n2cccc2)c1)C1(C)CC1. The molecule has 2 nitrogen and oxygen atoms in total. The van der Waals surface area contributed by atoms with Crippen LogP contribution in [-0.4, -0.2) is 10.6 Å². The maximum Gasteiger partial charge on any atom is 0.0469 e. The fourth-order valence-electron chi connectivity index (χ4n) is 2.32. The summed E-state index contributed by atoms with van der Waals surface area (Å²) in [5.74, 6) is 0. The smallest absolute Gasteiger partial charge is 0.0469 e. The number of nitrogens with zero attached hydrogens (tertiary/aromatic N) is 1. The number of rotatable bonds is 4. The first-order chi connectivity index (χ1) is 8.67. The summed E-state index contributed by atoms with van der Waals surface area (Å²) in [4.78, 5) is 0. The minimum absolute atomic E-state index is 0.503. The maximum atomic E-state index is 3.63. The molecule has 1 heterocycles. The summed E-state index contributed by atoms with van der Waals surface area (Å²) >= 11 is 0. The molecule has 1 N–H and O–H groups in total. The van der Waals surface area contributed by atoms with Crippen molar-refractivity contribution in [1.29, 1.82) is 0 Å². The van der Waals surface area contributed by atoms with Crippen molar-refractivity contribution in [3.8, 4) is 5.69 Å². The van der Waals surface area contributed by atoms with Gasteiger partial charge in [0.1, 0.15) is 0 Å². The molecular formula is C16H20N2. The van der Waals surface area contributed by atoms with Crippen molar-refractivity contribution in [2.24, 2.45) is 5.41 Å². The summed E-state index contributed by atoms with van der Waals surface area (Å²) in [6, 6.07) is 13.2. The van der Waals surface area contributed by atoms with E-state index in [1.54, 1.807) is 0 Å². The van der Waals surface area contributed by atoms with Crippen LogP contribution in [0.1, 0.15) is 26.7 Å². The Bertz CT molecular complexity index is 524. The van der Waals surface area contributed by atoms with Gasteiger partial charge in [0.2, 0.25) is 0 Å². The van der Waals surface area contributed by atoms with Gasteiger partial charge in [-0.15, -0.1) is 0 Å². The van der Waals surface area contributed by atoms with E-state index in [2.05, 4.69) is 60.4 Å². The van der Waals surface area contributed by atoms with E-state index < -0.39 is 0 Å². The van der Waals surface area contributed by atoms with Crippen LogP contribution in [-0.2, 0) is 0 Å². The van der Waals surface area contributed by atoms with Crippen molar-refractivity contribution in [1.82, 2.24) is 4.57 Å². The first kappa shape index (κ1) is 11.4. The molecule has 94 valence electrons. The quantitative estimate of drug-likeness (QED) is 0.852. The van der Waals surface area contributed by atoms with Crippen molar-refractivity contribution in [2.45, 2.75) is 32.7 Å². The van der Waals surface area contributed by atoms with Crippen LogP contribution in [0.15, 0.2) is 48.8 Å². The lowest BCUT2D eigenvalue weighted by atomic mass is 10.0. The van der Waals surface area contributed by atoms with Gasteiger partial charge >= 0.3 is 0 Å². The first-order valence-electron chi connectivity index (χ1n) is 6.67. The summed E-state index contributed by atoms with van der Waals surface area (Å²) in [5.41, 5.74) is 2.92. The molecule has 1 fully saturated rings. The third kappa shape index (κ3) is 2.15. The van der Waals surface area contributed by atoms with Gasteiger partial charge in [-0.05, 0) is 55.5 Å². The normalized spacial score (nSPS) is 18.3. The molecular weight excluding hydrogens is 220 g/mol. The predicted molar refractivity (Wildman–Crippen MR) is 76.2 cm³/mol. The van der Waals surface area contributed by atoms with Crippen LogP contribution in [0, 0.1) is 5.41 Å². The summed E-state index contributed by atoms with van der Waals surface area (Å²) in [7, 11) is 0. The molecule has 1 atom stereocenters. The number of anilines is 1. The van der Waals surface area contributed by atoms with Crippen LogP contribution >= 0.6 is 0 Å². The molecule has 2 heteroatoms. The van der Waals surface area contributed by atoms with E-state index in [0.29, 0.717) is 11.5 Å². The van der Waals surface area contributed by atoms with E-state index in [9.17, 15) is 0 Å². The summed E-state index contributed by atoms with van der Waals surface area (Å²) < 4.78 is 2.13.